The Bertz CT molecular complexity index is 659. The molecule has 3 N–H and O–H groups in total. The van der Waals surface area contributed by atoms with Crippen molar-refractivity contribution in [2.24, 2.45) is 5.73 Å². The number of primary amides is 1. The average Bonchev–Trinajstić information content (AvgIpc) is 2.38. The van der Waals surface area contributed by atoms with Crippen molar-refractivity contribution in [3.8, 4) is 0 Å². The van der Waals surface area contributed by atoms with Crippen LogP contribution in [0.15, 0.2) is 40.9 Å². The Kier molecular flexibility index (Phi) is 4.68. The van der Waals surface area contributed by atoms with Gasteiger partial charge in [0.1, 0.15) is 6.04 Å². The van der Waals surface area contributed by atoms with Crippen molar-refractivity contribution < 1.29 is 4.79 Å². The number of para-hydroxylation sites is 1. The largest absolute Gasteiger partial charge is 0.369 e. The molecule has 1 unspecified atom stereocenters. The van der Waals surface area contributed by atoms with Crippen molar-refractivity contribution in [2.45, 2.75) is 26.8 Å². The number of halogens is 1. The highest BCUT2D eigenvalue weighted by Crippen LogP contribution is 2.30. The van der Waals surface area contributed by atoms with Gasteiger partial charge in [-0.05, 0) is 65.5 Å². The van der Waals surface area contributed by atoms with Gasteiger partial charge >= 0.3 is 0 Å². The van der Waals surface area contributed by atoms with Crippen LogP contribution in [-0.2, 0) is 4.79 Å². The van der Waals surface area contributed by atoms with Gasteiger partial charge in [0.05, 0.1) is 0 Å². The molecule has 21 heavy (non-hydrogen) atoms. The lowest BCUT2D eigenvalue weighted by molar-refractivity contribution is -0.118. The molecule has 2 rings (SSSR count). The third-order valence-corrected chi connectivity index (χ3v) is 4.18. The summed E-state index contributed by atoms with van der Waals surface area (Å²) in [5, 5.41) is 3.24. The number of carbonyl (C=O) groups is 1. The Hall–Kier alpha value is -1.81. The smallest absolute Gasteiger partial charge is 0.244 e. The molecular weight excluding hydrogens is 328 g/mol. The first-order valence-corrected chi connectivity index (χ1v) is 7.57. The molecule has 0 aliphatic carbocycles. The van der Waals surface area contributed by atoms with Gasteiger partial charge in [-0.1, -0.05) is 29.8 Å². The summed E-state index contributed by atoms with van der Waals surface area (Å²) in [5.74, 6) is -0.388. The molecular formula is C17H19BrN2O. The summed E-state index contributed by atoms with van der Waals surface area (Å²) in [6.07, 6.45) is 0. The van der Waals surface area contributed by atoms with Gasteiger partial charge < -0.3 is 11.1 Å². The number of benzene rings is 2. The van der Waals surface area contributed by atoms with Gasteiger partial charge in [-0.2, -0.15) is 0 Å². The predicted molar refractivity (Wildman–Crippen MR) is 90.4 cm³/mol. The van der Waals surface area contributed by atoms with Gasteiger partial charge in [-0.25, -0.2) is 0 Å². The number of rotatable bonds is 4. The molecule has 0 radical (unpaired) electrons. The van der Waals surface area contributed by atoms with Crippen molar-refractivity contribution >= 4 is 27.5 Å². The molecule has 0 aliphatic rings. The SMILES string of the molecule is Cc1cc(C)c(C(Nc2ccccc2Br)C(N)=O)c(C)c1. The first kappa shape index (κ1) is 15.6. The lowest BCUT2D eigenvalue weighted by Crippen LogP contribution is -2.29. The maximum absolute atomic E-state index is 11.9. The third kappa shape index (κ3) is 3.45. The quantitative estimate of drug-likeness (QED) is 0.878. The predicted octanol–water partition coefficient (Wildman–Crippen LogP) is 4.01. The second-order valence-electron chi connectivity index (χ2n) is 5.27. The minimum Gasteiger partial charge on any atom is -0.369 e. The van der Waals surface area contributed by atoms with Crippen molar-refractivity contribution in [1.29, 1.82) is 0 Å². The molecule has 0 aliphatic heterocycles. The average molecular weight is 347 g/mol. The topological polar surface area (TPSA) is 55.1 Å². The summed E-state index contributed by atoms with van der Waals surface area (Å²) in [4.78, 5) is 11.9. The molecule has 0 aromatic heterocycles. The summed E-state index contributed by atoms with van der Waals surface area (Å²) in [6.45, 7) is 6.06. The lowest BCUT2D eigenvalue weighted by Gasteiger charge is -2.22. The second kappa shape index (κ2) is 6.31. The minimum atomic E-state index is -0.552. The molecule has 0 saturated carbocycles. The third-order valence-electron chi connectivity index (χ3n) is 3.48. The lowest BCUT2D eigenvalue weighted by atomic mass is 9.93. The van der Waals surface area contributed by atoms with Crippen LogP contribution in [0.25, 0.3) is 0 Å². The van der Waals surface area contributed by atoms with Gasteiger partial charge in [0, 0.05) is 10.2 Å². The van der Waals surface area contributed by atoms with Crippen molar-refractivity contribution in [2.75, 3.05) is 5.32 Å². The number of amides is 1. The van der Waals surface area contributed by atoms with E-state index in [4.69, 9.17) is 5.73 Å². The van der Waals surface area contributed by atoms with Crippen LogP contribution in [0.4, 0.5) is 5.69 Å². The minimum absolute atomic E-state index is 0.388. The van der Waals surface area contributed by atoms with E-state index >= 15 is 0 Å². The summed E-state index contributed by atoms with van der Waals surface area (Å²) in [6, 6.07) is 11.3. The highest BCUT2D eigenvalue weighted by molar-refractivity contribution is 9.10. The summed E-state index contributed by atoms with van der Waals surface area (Å²) >= 11 is 3.48. The maximum atomic E-state index is 11.9. The molecule has 0 fully saturated rings. The number of hydrogen-bond acceptors (Lipinski definition) is 2. The molecule has 1 atom stereocenters. The number of carbonyl (C=O) groups excluding carboxylic acids is 1. The van der Waals surface area contributed by atoms with Crippen LogP contribution < -0.4 is 11.1 Å². The van der Waals surface area contributed by atoms with Crippen molar-refractivity contribution in [3.05, 3.63) is 63.1 Å². The Labute approximate surface area is 133 Å². The molecule has 2 aromatic carbocycles. The highest BCUT2D eigenvalue weighted by Gasteiger charge is 2.22. The van der Waals surface area contributed by atoms with Gasteiger partial charge in [0.25, 0.3) is 0 Å². The van der Waals surface area contributed by atoms with E-state index in [-0.39, 0.29) is 5.91 Å². The van der Waals surface area contributed by atoms with E-state index in [0.29, 0.717) is 0 Å². The van der Waals surface area contributed by atoms with Gasteiger partial charge in [0.2, 0.25) is 5.91 Å². The summed E-state index contributed by atoms with van der Waals surface area (Å²) in [5.41, 5.74) is 10.7. The van der Waals surface area contributed by atoms with E-state index in [1.165, 1.54) is 5.56 Å². The zero-order valence-electron chi connectivity index (χ0n) is 12.4. The van der Waals surface area contributed by atoms with E-state index in [9.17, 15) is 4.79 Å². The first-order valence-electron chi connectivity index (χ1n) is 6.78. The molecule has 0 bridgehead atoms. The van der Waals surface area contributed by atoms with E-state index in [2.05, 4.69) is 33.4 Å². The Morgan fingerprint density at radius 1 is 1.14 bits per heavy atom. The highest BCUT2D eigenvalue weighted by atomic mass is 79.9. The van der Waals surface area contributed by atoms with E-state index in [1.54, 1.807) is 0 Å². The fourth-order valence-corrected chi connectivity index (χ4v) is 3.07. The van der Waals surface area contributed by atoms with Crippen LogP contribution in [-0.4, -0.2) is 5.91 Å². The molecule has 4 heteroatoms. The standard InChI is InChI=1S/C17H19BrN2O/c1-10-8-11(2)15(12(3)9-10)16(17(19)21)20-14-7-5-4-6-13(14)18/h4-9,16,20H,1-3H3,(H2,19,21). The Morgan fingerprint density at radius 3 is 2.24 bits per heavy atom. The van der Waals surface area contributed by atoms with Gasteiger partial charge in [0.15, 0.2) is 0 Å². The molecule has 0 heterocycles. The van der Waals surface area contributed by atoms with Crippen LogP contribution in [0.3, 0.4) is 0 Å². The Balaban J connectivity index is 2.46. The zero-order chi connectivity index (χ0) is 15.6. The van der Waals surface area contributed by atoms with Crippen LogP contribution in [0, 0.1) is 20.8 Å². The zero-order valence-corrected chi connectivity index (χ0v) is 14.0. The van der Waals surface area contributed by atoms with E-state index in [0.717, 1.165) is 26.9 Å². The van der Waals surface area contributed by atoms with Gasteiger partial charge in [-0.15, -0.1) is 0 Å². The maximum Gasteiger partial charge on any atom is 0.244 e. The van der Waals surface area contributed by atoms with Crippen LogP contribution >= 0.6 is 15.9 Å². The normalized spacial score (nSPS) is 12.0. The summed E-state index contributed by atoms with van der Waals surface area (Å²) in [7, 11) is 0. The van der Waals surface area contributed by atoms with E-state index in [1.807, 2.05) is 45.0 Å². The number of anilines is 1. The van der Waals surface area contributed by atoms with Gasteiger partial charge in [-0.3, -0.25) is 4.79 Å². The summed E-state index contributed by atoms with van der Waals surface area (Å²) < 4.78 is 0.902. The monoisotopic (exact) mass is 346 g/mol. The second-order valence-corrected chi connectivity index (χ2v) is 6.13. The number of hydrogen-bond donors (Lipinski definition) is 2. The first-order chi connectivity index (χ1) is 9.90. The molecule has 2 aromatic rings. The fraction of sp³-hybridized carbons (Fsp3) is 0.235. The van der Waals surface area contributed by atoms with E-state index < -0.39 is 6.04 Å². The molecule has 0 spiro atoms. The fourth-order valence-electron chi connectivity index (χ4n) is 2.67. The molecule has 0 saturated heterocycles. The van der Waals surface area contributed by atoms with Crippen molar-refractivity contribution in [1.82, 2.24) is 0 Å². The molecule has 1 amide bonds. The number of nitrogens with two attached hydrogens (primary N) is 1. The van der Waals surface area contributed by atoms with Crippen LogP contribution in [0.1, 0.15) is 28.3 Å². The number of nitrogens with one attached hydrogen (secondary N) is 1. The van der Waals surface area contributed by atoms with Crippen LogP contribution in [0.5, 0.6) is 0 Å². The Morgan fingerprint density at radius 2 is 1.71 bits per heavy atom. The molecule has 110 valence electrons. The molecule has 3 nitrogen and oxygen atoms in total. The van der Waals surface area contributed by atoms with Crippen LogP contribution in [0.2, 0.25) is 0 Å². The number of aryl methyl sites for hydroxylation is 3. The van der Waals surface area contributed by atoms with Crippen molar-refractivity contribution in [3.63, 3.8) is 0 Å².